The smallest absolute Gasteiger partial charge is 0.127 e. The topological polar surface area (TPSA) is 27.0 Å². The fraction of sp³-hybridized carbons (Fsp3) is 0.188. The summed E-state index contributed by atoms with van der Waals surface area (Å²) >= 11 is 0. The van der Waals surface area contributed by atoms with Crippen molar-refractivity contribution < 1.29 is 8.78 Å². The molecule has 20 heavy (non-hydrogen) atoms. The maximum absolute atomic E-state index is 13.5. The van der Waals surface area contributed by atoms with Crippen molar-refractivity contribution in [2.75, 3.05) is 7.05 Å². The molecule has 0 bridgehead atoms. The molecule has 2 aromatic carbocycles. The molecule has 0 saturated carbocycles. The van der Waals surface area contributed by atoms with Gasteiger partial charge in [0.2, 0.25) is 0 Å². The third-order valence-electron chi connectivity index (χ3n) is 2.94. The van der Waals surface area contributed by atoms with E-state index in [2.05, 4.69) is 0 Å². The highest BCUT2D eigenvalue weighted by Crippen LogP contribution is 2.14. The van der Waals surface area contributed by atoms with Gasteiger partial charge in [0.05, 0.1) is 11.6 Å². The standard InChI is InChI=1S/C16H14F2N2/c1-20(11-14-4-2-3-5-16(14)18)10-13-6-12(9-19)7-15(17)8-13/h2-8H,10-11H2,1H3. The van der Waals surface area contributed by atoms with Crippen LogP contribution in [0.4, 0.5) is 8.78 Å². The summed E-state index contributed by atoms with van der Waals surface area (Å²) in [5.74, 6) is -0.686. The highest BCUT2D eigenvalue weighted by atomic mass is 19.1. The van der Waals surface area contributed by atoms with Gasteiger partial charge in [0.25, 0.3) is 0 Å². The Balaban J connectivity index is 2.09. The molecule has 0 unspecified atom stereocenters. The number of rotatable bonds is 4. The molecule has 0 radical (unpaired) electrons. The van der Waals surface area contributed by atoms with Gasteiger partial charge >= 0.3 is 0 Å². The first kappa shape index (κ1) is 14.2. The van der Waals surface area contributed by atoms with Crippen LogP contribution >= 0.6 is 0 Å². The fourth-order valence-electron chi connectivity index (χ4n) is 2.09. The Labute approximate surface area is 116 Å². The van der Waals surface area contributed by atoms with E-state index in [0.717, 1.165) is 0 Å². The Bertz CT molecular complexity index is 647. The van der Waals surface area contributed by atoms with E-state index in [0.29, 0.717) is 29.8 Å². The Kier molecular flexibility index (Phi) is 4.44. The number of halogens is 2. The molecule has 0 aliphatic heterocycles. The predicted octanol–water partition coefficient (Wildman–Crippen LogP) is 3.47. The quantitative estimate of drug-likeness (QED) is 0.852. The molecule has 0 saturated heterocycles. The second-order valence-corrected chi connectivity index (χ2v) is 4.72. The zero-order valence-corrected chi connectivity index (χ0v) is 11.1. The lowest BCUT2D eigenvalue weighted by molar-refractivity contribution is 0.313. The van der Waals surface area contributed by atoms with Crippen LogP contribution in [0.15, 0.2) is 42.5 Å². The lowest BCUT2D eigenvalue weighted by Crippen LogP contribution is -2.18. The number of nitriles is 1. The zero-order valence-electron chi connectivity index (χ0n) is 11.1. The van der Waals surface area contributed by atoms with E-state index in [-0.39, 0.29) is 5.82 Å². The first-order chi connectivity index (χ1) is 9.58. The van der Waals surface area contributed by atoms with Crippen LogP contribution in [-0.4, -0.2) is 11.9 Å². The summed E-state index contributed by atoms with van der Waals surface area (Å²) in [6, 6.07) is 12.7. The molecule has 0 spiro atoms. The molecule has 0 fully saturated rings. The molecular weight excluding hydrogens is 258 g/mol. The van der Waals surface area contributed by atoms with Gasteiger partial charge in [0, 0.05) is 18.7 Å². The molecule has 0 N–H and O–H groups in total. The largest absolute Gasteiger partial charge is 0.298 e. The average molecular weight is 272 g/mol. The third-order valence-corrected chi connectivity index (χ3v) is 2.94. The third kappa shape index (κ3) is 3.62. The van der Waals surface area contributed by atoms with E-state index < -0.39 is 5.82 Å². The van der Waals surface area contributed by atoms with Crippen molar-refractivity contribution in [2.45, 2.75) is 13.1 Å². The van der Waals surface area contributed by atoms with E-state index in [1.807, 2.05) is 18.0 Å². The fourth-order valence-corrected chi connectivity index (χ4v) is 2.09. The van der Waals surface area contributed by atoms with E-state index in [9.17, 15) is 8.78 Å². The molecule has 2 aromatic rings. The van der Waals surface area contributed by atoms with Crippen LogP contribution < -0.4 is 0 Å². The molecule has 0 aliphatic carbocycles. The molecule has 0 atom stereocenters. The summed E-state index contributed by atoms with van der Waals surface area (Å²) in [7, 11) is 1.82. The van der Waals surface area contributed by atoms with Gasteiger partial charge in [-0.15, -0.1) is 0 Å². The minimum Gasteiger partial charge on any atom is -0.298 e. The normalized spacial score (nSPS) is 10.6. The summed E-state index contributed by atoms with van der Waals surface area (Å²) in [5, 5.41) is 8.81. The number of hydrogen-bond donors (Lipinski definition) is 0. The minimum atomic E-state index is -0.432. The second-order valence-electron chi connectivity index (χ2n) is 4.72. The van der Waals surface area contributed by atoms with Crippen molar-refractivity contribution in [1.29, 1.82) is 5.26 Å². The summed E-state index contributed by atoms with van der Waals surface area (Å²) in [6.45, 7) is 0.867. The second kappa shape index (κ2) is 6.27. The summed E-state index contributed by atoms with van der Waals surface area (Å²) < 4.78 is 26.9. The van der Waals surface area contributed by atoms with Crippen molar-refractivity contribution in [3.63, 3.8) is 0 Å². The molecule has 0 aliphatic rings. The van der Waals surface area contributed by atoms with Crippen LogP contribution in [0.3, 0.4) is 0 Å². The molecule has 102 valence electrons. The number of nitrogens with zero attached hydrogens (tertiary/aromatic N) is 2. The summed E-state index contributed by atoms with van der Waals surface area (Å²) in [4.78, 5) is 1.87. The van der Waals surface area contributed by atoms with Crippen molar-refractivity contribution in [3.05, 3.63) is 70.8 Å². The van der Waals surface area contributed by atoms with Crippen molar-refractivity contribution >= 4 is 0 Å². The van der Waals surface area contributed by atoms with Gasteiger partial charge in [-0.05, 0) is 36.9 Å². The van der Waals surface area contributed by atoms with Gasteiger partial charge in [0.15, 0.2) is 0 Å². The van der Waals surface area contributed by atoms with Crippen LogP contribution in [0, 0.1) is 23.0 Å². The summed E-state index contributed by atoms with van der Waals surface area (Å²) in [6.07, 6.45) is 0. The molecular formula is C16H14F2N2. The van der Waals surface area contributed by atoms with Crippen molar-refractivity contribution in [3.8, 4) is 6.07 Å². The Morgan fingerprint density at radius 2 is 1.85 bits per heavy atom. The van der Waals surface area contributed by atoms with Crippen LogP contribution in [0.2, 0.25) is 0 Å². The number of benzene rings is 2. The van der Waals surface area contributed by atoms with Crippen molar-refractivity contribution in [1.82, 2.24) is 4.90 Å². The van der Waals surface area contributed by atoms with Gasteiger partial charge in [-0.2, -0.15) is 5.26 Å². The Hall–Kier alpha value is -2.25. The SMILES string of the molecule is CN(Cc1cc(F)cc(C#N)c1)Cc1ccccc1F. The van der Waals surface area contributed by atoms with Gasteiger partial charge in [-0.25, -0.2) is 8.78 Å². The maximum atomic E-state index is 13.5. The molecule has 0 heterocycles. The highest BCUT2D eigenvalue weighted by Gasteiger charge is 2.07. The monoisotopic (exact) mass is 272 g/mol. The maximum Gasteiger partial charge on any atom is 0.127 e. The first-order valence-electron chi connectivity index (χ1n) is 6.20. The molecule has 2 nitrogen and oxygen atoms in total. The lowest BCUT2D eigenvalue weighted by Gasteiger charge is -2.17. The molecule has 4 heteroatoms. The Morgan fingerprint density at radius 1 is 1.10 bits per heavy atom. The van der Waals surface area contributed by atoms with E-state index >= 15 is 0 Å². The minimum absolute atomic E-state index is 0.253. The van der Waals surface area contributed by atoms with Gasteiger partial charge in [-0.1, -0.05) is 18.2 Å². The van der Waals surface area contributed by atoms with E-state index in [1.54, 1.807) is 24.3 Å². The molecule has 2 rings (SSSR count). The van der Waals surface area contributed by atoms with Crippen molar-refractivity contribution in [2.24, 2.45) is 0 Å². The van der Waals surface area contributed by atoms with Crippen LogP contribution in [0.25, 0.3) is 0 Å². The molecule has 0 aromatic heterocycles. The lowest BCUT2D eigenvalue weighted by atomic mass is 10.1. The van der Waals surface area contributed by atoms with Gasteiger partial charge < -0.3 is 0 Å². The summed E-state index contributed by atoms with van der Waals surface area (Å²) in [5.41, 5.74) is 1.58. The zero-order chi connectivity index (χ0) is 14.5. The molecule has 0 amide bonds. The van der Waals surface area contributed by atoms with Crippen LogP contribution in [0.1, 0.15) is 16.7 Å². The van der Waals surface area contributed by atoms with E-state index in [1.165, 1.54) is 18.2 Å². The van der Waals surface area contributed by atoms with Gasteiger partial charge in [-0.3, -0.25) is 4.90 Å². The van der Waals surface area contributed by atoms with E-state index in [4.69, 9.17) is 5.26 Å². The van der Waals surface area contributed by atoms with Crippen LogP contribution in [0.5, 0.6) is 0 Å². The Morgan fingerprint density at radius 3 is 2.55 bits per heavy atom. The highest BCUT2D eigenvalue weighted by molar-refractivity contribution is 5.33. The average Bonchev–Trinajstić information content (AvgIpc) is 2.40. The predicted molar refractivity (Wildman–Crippen MR) is 72.7 cm³/mol. The van der Waals surface area contributed by atoms with Gasteiger partial charge in [0.1, 0.15) is 11.6 Å². The number of hydrogen-bond acceptors (Lipinski definition) is 2. The van der Waals surface area contributed by atoms with Crippen LogP contribution in [-0.2, 0) is 13.1 Å². The first-order valence-corrected chi connectivity index (χ1v) is 6.20.